The molecule has 94 valence electrons. The first-order valence-electron chi connectivity index (χ1n) is 5.27. The lowest BCUT2D eigenvalue weighted by Gasteiger charge is -2.10. The number of carbonyl (C=O) groups excluding carboxylic acids is 1. The minimum absolute atomic E-state index is 0.229. The number of hydrogen-bond acceptors (Lipinski definition) is 3. The standard InChI is InChI=1S/C10H18FNO4/c1-2-3-4-5-16-7-9(13)12-8(6-11)10(14)15/h8H,2-7H2,1H3,(H,12,13)(H,14,15). The quantitative estimate of drug-likeness (QED) is 0.578. The molecule has 0 aliphatic carbocycles. The van der Waals surface area contributed by atoms with Crippen molar-refractivity contribution < 1.29 is 23.8 Å². The van der Waals surface area contributed by atoms with E-state index in [1.165, 1.54) is 0 Å². The van der Waals surface area contributed by atoms with E-state index in [0.29, 0.717) is 6.61 Å². The van der Waals surface area contributed by atoms with E-state index in [9.17, 15) is 14.0 Å². The van der Waals surface area contributed by atoms with Gasteiger partial charge in [-0.25, -0.2) is 9.18 Å². The van der Waals surface area contributed by atoms with Crippen molar-refractivity contribution in [3.63, 3.8) is 0 Å². The van der Waals surface area contributed by atoms with Gasteiger partial charge < -0.3 is 15.2 Å². The van der Waals surface area contributed by atoms with E-state index >= 15 is 0 Å². The lowest BCUT2D eigenvalue weighted by molar-refractivity contribution is -0.143. The Bertz CT molecular complexity index is 223. The highest BCUT2D eigenvalue weighted by atomic mass is 19.1. The molecule has 0 rings (SSSR count). The zero-order valence-electron chi connectivity index (χ0n) is 9.37. The van der Waals surface area contributed by atoms with Crippen LogP contribution in [0.3, 0.4) is 0 Å². The maximum Gasteiger partial charge on any atom is 0.328 e. The number of rotatable bonds is 9. The zero-order chi connectivity index (χ0) is 12.4. The van der Waals surface area contributed by atoms with Gasteiger partial charge in [0.1, 0.15) is 13.3 Å². The average molecular weight is 235 g/mol. The Morgan fingerprint density at radius 2 is 2.12 bits per heavy atom. The third-order valence-corrected chi connectivity index (χ3v) is 1.91. The minimum Gasteiger partial charge on any atom is -0.480 e. The van der Waals surface area contributed by atoms with Crippen LogP contribution >= 0.6 is 0 Å². The van der Waals surface area contributed by atoms with Gasteiger partial charge >= 0.3 is 5.97 Å². The molecule has 0 aromatic carbocycles. The molecule has 2 N–H and O–H groups in total. The van der Waals surface area contributed by atoms with Crippen molar-refractivity contribution in [3.05, 3.63) is 0 Å². The van der Waals surface area contributed by atoms with E-state index in [4.69, 9.17) is 9.84 Å². The maximum atomic E-state index is 12.1. The maximum absolute atomic E-state index is 12.1. The highest BCUT2D eigenvalue weighted by Crippen LogP contribution is 1.94. The number of nitrogens with one attached hydrogen (secondary N) is 1. The van der Waals surface area contributed by atoms with Crippen molar-refractivity contribution >= 4 is 11.9 Å². The van der Waals surface area contributed by atoms with Gasteiger partial charge in [0.2, 0.25) is 5.91 Å². The van der Waals surface area contributed by atoms with Crippen molar-refractivity contribution in [2.75, 3.05) is 19.9 Å². The first-order valence-corrected chi connectivity index (χ1v) is 5.27. The summed E-state index contributed by atoms with van der Waals surface area (Å²) in [6, 6.07) is -1.48. The van der Waals surface area contributed by atoms with Crippen LogP contribution in [-0.2, 0) is 14.3 Å². The molecule has 16 heavy (non-hydrogen) atoms. The summed E-state index contributed by atoms with van der Waals surface area (Å²) in [6.45, 7) is 1.14. The molecule has 6 heteroatoms. The predicted octanol–water partition coefficient (Wildman–Crippen LogP) is 0.732. The van der Waals surface area contributed by atoms with Gasteiger partial charge in [-0.2, -0.15) is 0 Å². The summed E-state index contributed by atoms with van der Waals surface area (Å²) in [6.07, 6.45) is 2.93. The number of aliphatic carboxylic acids is 1. The van der Waals surface area contributed by atoms with E-state index in [1.54, 1.807) is 0 Å². The van der Waals surface area contributed by atoms with Crippen molar-refractivity contribution in [1.82, 2.24) is 5.32 Å². The Morgan fingerprint density at radius 3 is 2.62 bits per heavy atom. The van der Waals surface area contributed by atoms with Crippen molar-refractivity contribution in [3.8, 4) is 0 Å². The molecule has 1 atom stereocenters. The van der Waals surface area contributed by atoms with Crippen LogP contribution in [0.4, 0.5) is 4.39 Å². The fourth-order valence-electron chi connectivity index (χ4n) is 1.02. The van der Waals surface area contributed by atoms with E-state index in [0.717, 1.165) is 19.3 Å². The van der Waals surface area contributed by atoms with Crippen molar-refractivity contribution in [2.24, 2.45) is 0 Å². The van der Waals surface area contributed by atoms with Crippen molar-refractivity contribution in [2.45, 2.75) is 32.2 Å². The van der Waals surface area contributed by atoms with Gasteiger partial charge in [0.15, 0.2) is 6.04 Å². The number of carboxylic acids is 1. The first-order chi connectivity index (χ1) is 7.61. The Labute approximate surface area is 94.0 Å². The second kappa shape index (κ2) is 9.08. The van der Waals surface area contributed by atoms with Crippen LogP contribution in [0.1, 0.15) is 26.2 Å². The summed E-state index contributed by atoms with van der Waals surface area (Å²) in [4.78, 5) is 21.5. The Balaban J connectivity index is 3.61. The van der Waals surface area contributed by atoms with E-state index in [-0.39, 0.29) is 6.61 Å². The van der Waals surface area contributed by atoms with E-state index in [1.807, 2.05) is 12.2 Å². The van der Waals surface area contributed by atoms with Crippen LogP contribution < -0.4 is 5.32 Å². The largest absolute Gasteiger partial charge is 0.480 e. The number of carboxylic acid groups (broad SMARTS) is 1. The fourth-order valence-corrected chi connectivity index (χ4v) is 1.02. The minimum atomic E-state index is -1.48. The molecule has 0 aromatic heterocycles. The Morgan fingerprint density at radius 1 is 1.44 bits per heavy atom. The van der Waals surface area contributed by atoms with Gasteiger partial charge in [0.05, 0.1) is 0 Å². The van der Waals surface area contributed by atoms with Gasteiger partial charge in [-0.15, -0.1) is 0 Å². The second-order valence-electron chi connectivity index (χ2n) is 3.37. The Kier molecular flexibility index (Phi) is 8.42. The first kappa shape index (κ1) is 14.8. The molecule has 0 spiro atoms. The molecule has 0 saturated heterocycles. The molecule has 0 saturated carbocycles. The molecule has 0 radical (unpaired) electrons. The van der Waals surface area contributed by atoms with Crippen LogP contribution in [0.25, 0.3) is 0 Å². The molecule has 0 aliphatic heterocycles. The summed E-state index contributed by atoms with van der Waals surface area (Å²) in [5, 5.41) is 10.5. The number of ether oxygens (including phenoxy) is 1. The van der Waals surface area contributed by atoms with Crippen LogP contribution in [0.2, 0.25) is 0 Å². The molecule has 0 bridgehead atoms. The smallest absolute Gasteiger partial charge is 0.328 e. The number of carbonyl (C=O) groups is 2. The lowest BCUT2D eigenvalue weighted by Crippen LogP contribution is -2.43. The zero-order valence-corrected chi connectivity index (χ0v) is 9.37. The molecule has 0 aliphatic rings. The van der Waals surface area contributed by atoms with E-state index in [2.05, 4.69) is 0 Å². The molecule has 0 heterocycles. The topological polar surface area (TPSA) is 75.6 Å². The monoisotopic (exact) mass is 235 g/mol. The number of hydrogen-bond donors (Lipinski definition) is 2. The SMILES string of the molecule is CCCCCOCC(=O)NC(CF)C(=O)O. The van der Waals surface area contributed by atoms with Gasteiger partial charge in [0, 0.05) is 6.61 Å². The highest BCUT2D eigenvalue weighted by molar-refractivity contribution is 5.84. The van der Waals surface area contributed by atoms with Crippen molar-refractivity contribution in [1.29, 1.82) is 0 Å². The summed E-state index contributed by atoms with van der Waals surface area (Å²) >= 11 is 0. The van der Waals surface area contributed by atoms with Gasteiger partial charge in [-0.1, -0.05) is 19.8 Å². The number of alkyl halides is 1. The number of halogens is 1. The van der Waals surface area contributed by atoms with Gasteiger partial charge in [0.25, 0.3) is 0 Å². The predicted molar refractivity (Wildman–Crippen MR) is 55.9 cm³/mol. The van der Waals surface area contributed by atoms with Gasteiger partial charge in [-0.05, 0) is 6.42 Å². The Hall–Kier alpha value is -1.17. The summed E-state index contributed by atoms with van der Waals surface area (Å²) in [5.41, 5.74) is 0. The number of amides is 1. The summed E-state index contributed by atoms with van der Waals surface area (Å²) < 4.78 is 17.1. The lowest BCUT2D eigenvalue weighted by atomic mass is 10.3. The highest BCUT2D eigenvalue weighted by Gasteiger charge is 2.19. The summed E-state index contributed by atoms with van der Waals surface area (Å²) in [7, 11) is 0. The third-order valence-electron chi connectivity index (χ3n) is 1.91. The van der Waals surface area contributed by atoms with E-state index < -0.39 is 24.6 Å². The van der Waals surface area contributed by atoms with Crippen LogP contribution in [0.15, 0.2) is 0 Å². The van der Waals surface area contributed by atoms with Crippen LogP contribution in [-0.4, -0.2) is 42.9 Å². The van der Waals surface area contributed by atoms with Gasteiger partial charge in [-0.3, -0.25) is 4.79 Å². The molecule has 1 amide bonds. The second-order valence-corrected chi connectivity index (χ2v) is 3.37. The molecule has 0 aromatic rings. The average Bonchev–Trinajstić information content (AvgIpc) is 2.25. The molecule has 0 fully saturated rings. The third kappa shape index (κ3) is 7.17. The number of unbranched alkanes of at least 4 members (excludes halogenated alkanes) is 2. The fraction of sp³-hybridized carbons (Fsp3) is 0.800. The summed E-state index contributed by atoms with van der Waals surface area (Å²) in [5.74, 6) is -2.00. The normalized spacial score (nSPS) is 12.1. The molecular formula is C10H18FNO4. The molecule has 5 nitrogen and oxygen atoms in total. The molecular weight excluding hydrogens is 217 g/mol. The molecule has 1 unspecified atom stereocenters. The van der Waals surface area contributed by atoms with Crippen LogP contribution in [0.5, 0.6) is 0 Å². The van der Waals surface area contributed by atoms with Crippen LogP contribution in [0, 0.1) is 0 Å².